The number of hydrogen-bond acceptors (Lipinski definition) is 5. The Balaban J connectivity index is 1.46. The molecule has 0 aliphatic carbocycles. The number of allylic oxidation sites excluding steroid dienone is 1. The van der Waals surface area contributed by atoms with Crippen molar-refractivity contribution in [1.82, 2.24) is 19.7 Å². The van der Waals surface area contributed by atoms with Crippen LogP contribution >= 0.6 is 11.8 Å². The number of rotatable bonds is 7. The van der Waals surface area contributed by atoms with Gasteiger partial charge in [-0.1, -0.05) is 30.0 Å². The Hall–Kier alpha value is -2.80. The highest BCUT2D eigenvalue weighted by Gasteiger charge is 2.20. The molecule has 1 fully saturated rings. The first kappa shape index (κ1) is 19.5. The fraction of sp³-hybridized carbons (Fsp3) is 0.318. The number of aromatic nitrogens is 3. The molecule has 0 radical (unpaired) electrons. The molecule has 3 heterocycles. The molecular weight excluding hydrogens is 384 g/mol. The largest absolute Gasteiger partial charge is 0.469 e. The minimum absolute atomic E-state index is 0.132. The van der Waals surface area contributed by atoms with Gasteiger partial charge in [0.1, 0.15) is 5.76 Å². The molecule has 29 heavy (non-hydrogen) atoms. The van der Waals surface area contributed by atoms with E-state index in [0.29, 0.717) is 6.54 Å². The molecule has 0 N–H and O–H groups in total. The van der Waals surface area contributed by atoms with Gasteiger partial charge in [0, 0.05) is 31.0 Å². The SMILES string of the molecule is C=CCn1c(SCc2ccc(C(=O)N3CCCC3)cc2)nnc1-c1ccoc1C. The Morgan fingerprint density at radius 2 is 1.97 bits per heavy atom. The van der Waals surface area contributed by atoms with Crippen LogP contribution in [0.5, 0.6) is 0 Å². The van der Waals surface area contributed by atoms with Crippen molar-refractivity contribution in [3.05, 3.63) is 66.1 Å². The van der Waals surface area contributed by atoms with Gasteiger partial charge < -0.3 is 9.32 Å². The summed E-state index contributed by atoms with van der Waals surface area (Å²) in [4.78, 5) is 14.4. The van der Waals surface area contributed by atoms with E-state index in [1.54, 1.807) is 18.0 Å². The predicted octanol–water partition coefficient (Wildman–Crippen LogP) is 4.56. The number of amides is 1. The van der Waals surface area contributed by atoms with Gasteiger partial charge in [0.05, 0.1) is 11.8 Å². The minimum Gasteiger partial charge on any atom is -0.469 e. The van der Waals surface area contributed by atoms with Crippen molar-refractivity contribution in [2.45, 2.75) is 37.2 Å². The van der Waals surface area contributed by atoms with Gasteiger partial charge >= 0.3 is 0 Å². The van der Waals surface area contributed by atoms with Crippen molar-refractivity contribution < 1.29 is 9.21 Å². The summed E-state index contributed by atoms with van der Waals surface area (Å²) in [5.74, 6) is 2.48. The molecule has 0 bridgehead atoms. The van der Waals surface area contributed by atoms with Crippen LogP contribution in [0.2, 0.25) is 0 Å². The lowest BCUT2D eigenvalue weighted by Crippen LogP contribution is -2.27. The van der Waals surface area contributed by atoms with Gasteiger partial charge in [-0.15, -0.1) is 16.8 Å². The summed E-state index contributed by atoms with van der Waals surface area (Å²) in [6.45, 7) is 8.13. The molecule has 3 aromatic rings. The monoisotopic (exact) mass is 408 g/mol. The summed E-state index contributed by atoms with van der Waals surface area (Å²) < 4.78 is 7.46. The van der Waals surface area contributed by atoms with Crippen LogP contribution in [0.15, 0.2) is 58.8 Å². The zero-order valence-electron chi connectivity index (χ0n) is 16.5. The molecule has 1 amide bonds. The fourth-order valence-electron chi connectivity index (χ4n) is 3.50. The minimum atomic E-state index is 0.132. The number of nitrogens with zero attached hydrogens (tertiary/aromatic N) is 4. The fourth-order valence-corrected chi connectivity index (χ4v) is 4.40. The lowest BCUT2D eigenvalue weighted by Gasteiger charge is -2.15. The second-order valence-corrected chi connectivity index (χ2v) is 8.02. The zero-order chi connectivity index (χ0) is 20.2. The zero-order valence-corrected chi connectivity index (χ0v) is 17.3. The molecule has 0 saturated carbocycles. The normalized spacial score (nSPS) is 13.8. The van der Waals surface area contributed by atoms with Crippen LogP contribution in [0.4, 0.5) is 0 Å². The second kappa shape index (κ2) is 8.69. The maximum Gasteiger partial charge on any atom is 0.253 e. The van der Waals surface area contributed by atoms with Crippen molar-refractivity contribution in [2.24, 2.45) is 0 Å². The highest BCUT2D eigenvalue weighted by Crippen LogP contribution is 2.28. The first-order valence-corrected chi connectivity index (χ1v) is 10.8. The molecule has 1 aliphatic rings. The summed E-state index contributed by atoms with van der Waals surface area (Å²) in [6.07, 6.45) is 5.71. The summed E-state index contributed by atoms with van der Waals surface area (Å²) in [7, 11) is 0. The number of likely N-dealkylation sites (tertiary alicyclic amines) is 1. The molecule has 7 heteroatoms. The van der Waals surface area contributed by atoms with Crippen LogP contribution in [0.3, 0.4) is 0 Å². The molecule has 1 saturated heterocycles. The van der Waals surface area contributed by atoms with E-state index >= 15 is 0 Å². The van der Waals surface area contributed by atoms with Crippen molar-refractivity contribution in [3.63, 3.8) is 0 Å². The molecule has 6 nitrogen and oxygen atoms in total. The van der Waals surface area contributed by atoms with Crippen LogP contribution in [-0.4, -0.2) is 38.7 Å². The van der Waals surface area contributed by atoms with Crippen LogP contribution in [0, 0.1) is 6.92 Å². The predicted molar refractivity (Wildman–Crippen MR) is 114 cm³/mol. The van der Waals surface area contributed by atoms with Gasteiger partial charge in [0.15, 0.2) is 11.0 Å². The van der Waals surface area contributed by atoms with Gasteiger partial charge in [0.25, 0.3) is 5.91 Å². The van der Waals surface area contributed by atoms with Gasteiger partial charge in [-0.25, -0.2) is 0 Å². The Kier molecular flexibility index (Phi) is 5.85. The smallest absolute Gasteiger partial charge is 0.253 e. The maximum atomic E-state index is 12.5. The second-order valence-electron chi connectivity index (χ2n) is 7.08. The van der Waals surface area contributed by atoms with Gasteiger partial charge in [-0.2, -0.15) is 0 Å². The van der Waals surface area contributed by atoms with Gasteiger partial charge in [0.2, 0.25) is 0 Å². The average molecular weight is 409 g/mol. The molecule has 0 unspecified atom stereocenters. The van der Waals surface area contributed by atoms with Crippen molar-refractivity contribution in [3.8, 4) is 11.4 Å². The number of furan rings is 1. The number of hydrogen-bond donors (Lipinski definition) is 0. The third kappa shape index (κ3) is 4.15. The van der Waals surface area contributed by atoms with E-state index in [0.717, 1.165) is 65.1 Å². The van der Waals surface area contributed by atoms with Gasteiger partial charge in [-0.05, 0) is 43.5 Å². The Morgan fingerprint density at radius 3 is 2.62 bits per heavy atom. The number of aryl methyl sites for hydroxylation is 1. The molecule has 0 atom stereocenters. The lowest BCUT2D eigenvalue weighted by atomic mass is 10.1. The Morgan fingerprint density at radius 1 is 1.21 bits per heavy atom. The Labute approximate surface area is 174 Å². The lowest BCUT2D eigenvalue weighted by molar-refractivity contribution is 0.0793. The summed E-state index contributed by atoms with van der Waals surface area (Å²) in [6, 6.07) is 9.79. The van der Waals surface area contributed by atoms with E-state index in [2.05, 4.69) is 16.8 Å². The van der Waals surface area contributed by atoms with E-state index in [1.165, 1.54) is 0 Å². The number of thioether (sulfide) groups is 1. The maximum absolute atomic E-state index is 12.5. The molecule has 2 aromatic heterocycles. The van der Waals surface area contributed by atoms with Gasteiger partial charge in [-0.3, -0.25) is 9.36 Å². The number of benzene rings is 1. The third-order valence-corrected chi connectivity index (χ3v) is 6.13. The summed E-state index contributed by atoms with van der Waals surface area (Å²) >= 11 is 1.62. The first-order valence-electron chi connectivity index (χ1n) is 9.77. The number of carbonyl (C=O) groups excluding carboxylic acids is 1. The molecule has 0 spiro atoms. The Bertz CT molecular complexity index is 1000. The van der Waals surface area contributed by atoms with Crippen LogP contribution < -0.4 is 0 Å². The molecule has 1 aliphatic heterocycles. The quantitative estimate of drug-likeness (QED) is 0.424. The van der Waals surface area contributed by atoms with Crippen molar-refractivity contribution >= 4 is 17.7 Å². The molecule has 4 rings (SSSR count). The van der Waals surface area contributed by atoms with E-state index in [9.17, 15) is 4.79 Å². The molecule has 150 valence electrons. The molecular formula is C22H24N4O2S. The first-order chi connectivity index (χ1) is 14.2. The molecule has 1 aromatic carbocycles. The van der Waals surface area contributed by atoms with E-state index in [-0.39, 0.29) is 5.91 Å². The highest BCUT2D eigenvalue weighted by atomic mass is 32.2. The van der Waals surface area contributed by atoms with Crippen molar-refractivity contribution in [2.75, 3.05) is 13.1 Å². The van der Waals surface area contributed by atoms with Crippen molar-refractivity contribution in [1.29, 1.82) is 0 Å². The number of carbonyl (C=O) groups is 1. The topological polar surface area (TPSA) is 64.2 Å². The van der Waals surface area contributed by atoms with Crippen LogP contribution in [0.25, 0.3) is 11.4 Å². The highest BCUT2D eigenvalue weighted by molar-refractivity contribution is 7.98. The van der Waals surface area contributed by atoms with E-state index in [1.807, 2.05) is 52.8 Å². The van der Waals surface area contributed by atoms with Crippen LogP contribution in [-0.2, 0) is 12.3 Å². The van der Waals surface area contributed by atoms with Crippen LogP contribution in [0.1, 0.15) is 34.5 Å². The summed E-state index contributed by atoms with van der Waals surface area (Å²) in [5, 5.41) is 9.57. The van der Waals surface area contributed by atoms with E-state index in [4.69, 9.17) is 4.42 Å². The van der Waals surface area contributed by atoms with E-state index < -0.39 is 0 Å². The third-order valence-electron chi connectivity index (χ3n) is 5.09. The average Bonchev–Trinajstić information content (AvgIpc) is 3.48. The summed E-state index contributed by atoms with van der Waals surface area (Å²) in [5.41, 5.74) is 2.84. The standard InChI is InChI=1S/C22H24N4O2S/c1-3-11-26-20(19-10-14-28-16(19)2)23-24-22(26)29-15-17-6-8-18(9-7-17)21(27)25-12-4-5-13-25/h3,6-10,14H,1,4-5,11-13,15H2,2H3.